The molecular formula is C123H177N3O8S9Si. The fourth-order valence-electron chi connectivity index (χ4n) is 24.0. The highest BCUT2D eigenvalue weighted by molar-refractivity contribution is 7.32. The smallest absolute Gasteiger partial charge is 0.263 e. The molecule has 0 saturated carbocycles. The van der Waals surface area contributed by atoms with Gasteiger partial charge in [0, 0.05) is 99.2 Å². The fraction of sp³-hybridized carbons (Fsp3) is 0.642. The van der Waals surface area contributed by atoms with E-state index in [0.29, 0.717) is 89.9 Å². The van der Waals surface area contributed by atoms with E-state index in [1.54, 1.807) is 82.4 Å². The number of fused-ring (bicyclic) bond motifs is 11. The van der Waals surface area contributed by atoms with Gasteiger partial charge < -0.3 is 9.47 Å². The fourth-order valence-corrected chi connectivity index (χ4v) is 42.8. The van der Waals surface area contributed by atoms with E-state index in [1.807, 2.05) is 66.1 Å². The first-order chi connectivity index (χ1) is 69.7. The van der Waals surface area contributed by atoms with Crippen LogP contribution < -0.4 is 19.8 Å². The second-order valence-electron chi connectivity index (χ2n) is 43.4. The molecule has 0 saturated heterocycles. The van der Waals surface area contributed by atoms with E-state index >= 15 is 0 Å². The lowest BCUT2D eigenvalue weighted by molar-refractivity contribution is 0.0636. The molecule has 144 heavy (non-hydrogen) atoms. The van der Waals surface area contributed by atoms with Crippen molar-refractivity contribution in [2.24, 2.45) is 35.5 Å². The van der Waals surface area contributed by atoms with Crippen LogP contribution >= 0.6 is 102 Å². The van der Waals surface area contributed by atoms with Crippen LogP contribution in [0, 0.1) is 77.0 Å². The molecule has 15 rings (SSSR count). The second kappa shape index (κ2) is 55.0. The zero-order valence-electron chi connectivity index (χ0n) is 92.3. The molecule has 790 valence electrons. The summed E-state index contributed by atoms with van der Waals surface area (Å²) in [7, 11) is -2.06. The Morgan fingerprint density at radius 1 is 0.278 bits per heavy atom. The monoisotopic (exact) mass is 2140 g/mol. The zero-order valence-corrected chi connectivity index (χ0v) is 101. The summed E-state index contributed by atoms with van der Waals surface area (Å²) in [4.78, 5) is 107. The normalized spacial score (nSPS) is 16.9. The maximum atomic E-state index is 14.0. The minimum absolute atomic E-state index is 0.0200. The van der Waals surface area contributed by atoms with Crippen LogP contribution in [0.3, 0.4) is 0 Å². The van der Waals surface area contributed by atoms with Gasteiger partial charge in [0.2, 0.25) is 0 Å². The Morgan fingerprint density at radius 2 is 0.576 bits per heavy atom. The van der Waals surface area contributed by atoms with Crippen molar-refractivity contribution in [1.82, 2.24) is 14.7 Å². The van der Waals surface area contributed by atoms with Crippen molar-refractivity contribution in [3.05, 3.63) is 110 Å². The number of carbonyl (C=O) groups excluding carboxylic acids is 6. The molecule has 0 bridgehead atoms. The van der Waals surface area contributed by atoms with Crippen LogP contribution in [0.25, 0.3) is 68.9 Å². The number of carbonyl (C=O) groups is 6. The highest BCUT2D eigenvalue weighted by Gasteiger charge is 2.53. The van der Waals surface area contributed by atoms with Crippen LogP contribution in [-0.4, -0.2) is 91.1 Å². The first kappa shape index (κ1) is 115. The van der Waals surface area contributed by atoms with Crippen molar-refractivity contribution >= 4 is 176 Å². The molecule has 1 aromatic carbocycles. The number of imide groups is 3. The van der Waals surface area contributed by atoms with E-state index in [0.717, 1.165) is 135 Å². The third-order valence-electron chi connectivity index (χ3n) is 32.8. The molecule has 6 amide bonds. The molecule has 13 heterocycles. The zero-order chi connectivity index (χ0) is 103. The highest BCUT2D eigenvalue weighted by Crippen LogP contribution is 2.64. The lowest BCUT2D eigenvalue weighted by Crippen LogP contribution is -2.56. The Kier molecular flexibility index (Phi) is 44.1. The average molecular weight is 2140 g/mol. The predicted octanol–water partition coefficient (Wildman–Crippen LogP) is 39.3. The maximum absolute atomic E-state index is 14.0. The number of unbranched alkanes of at least 4 members (excludes halogenated alkanes) is 21. The molecule has 6 atom stereocenters. The summed E-state index contributed by atoms with van der Waals surface area (Å²) >= 11 is 16.2. The Hall–Kier alpha value is -5.72. The van der Waals surface area contributed by atoms with Crippen molar-refractivity contribution in [2.75, 3.05) is 32.8 Å². The molecular weight excluding hydrogens is 1960 g/mol. The molecule has 11 nitrogen and oxygen atoms in total. The molecule has 0 N–H and O–H groups in total. The number of aryl methyl sites for hydroxylation is 6. The van der Waals surface area contributed by atoms with Gasteiger partial charge in [-0.25, -0.2) is 0 Å². The Bertz CT molecular complexity index is 5590. The van der Waals surface area contributed by atoms with Gasteiger partial charge in [-0.3, -0.25) is 43.5 Å². The topological polar surface area (TPSA) is 131 Å². The summed E-state index contributed by atoms with van der Waals surface area (Å²) < 4.78 is 16.0. The van der Waals surface area contributed by atoms with Crippen molar-refractivity contribution in [3.63, 3.8) is 0 Å². The number of thiophene rings is 9. The Morgan fingerprint density at radius 3 is 0.979 bits per heavy atom. The van der Waals surface area contributed by atoms with Crippen molar-refractivity contribution in [1.29, 1.82) is 0 Å². The summed E-state index contributed by atoms with van der Waals surface area (Å²) in [5.74, 6) is 5.28. The third-order valence-corrected chi connectivity index (χ3v) is 49.3. The maximum Gasteiger partial charge on any atom is 0.263 e. The molecule has 1 aliphatic carbocycles. The summed E-state index contributed by atoms with van der Waals surface area (Å²) in [5, 5.41) is 5.56. The van der Waals surface area contributed by atoms with Crippen molar-refractivity contribution in [3.8, 4) is 60.3 Å². The van der Waals surface area contributed by atoms with Gasteiger partial charge in [0.25, 0.3) is 35.4 Å². The number of rotatable bonds is 62. The van der Waals surface area contributed by atoms with E-state index in [2.05, 4.69) is 161 Å². The molecule has 0 fully saturated rings. The first-order valence-corrected chi connectivity index (χ1v) is 67.3. The van der Waals surface area contributed by atoms with Crippen molar-refractivity contribution in [2.45, 2.75) is 445 Å². The first-order valence-electron chi connectivity index (χ1n) is 57.5. The number of ether oxygens (including phenoxy) is 2. The summed E-state index contributed by atoms with van der Waals surface area (Å²) in [6.07, 6.45) is 52.7. The van der Waals surface area contributed by atoms with Crippen LogP contribution in [0.5, 0.6) is 11.5 Å². The Labute approximate surface area is 905 Å². The lowest BCUT2D eigenvalue weighted by Gasteiger charge is -2.37. The van der Waals surface area contributed by atoms with E-state index < -0.39 is 8.07 Å². The molecule has 9 aromatic heterocycles. The average Bonchev–Trinajstić information content (AvgIpc) is 1.54. The third kappa shape index (κ3) is 25.6. The van der Waals surface area contributed by atoms with E-state index in [4.69, 9.17) is 9.47 Å². The van der Waals surface area contributed by atoms with Crippen LogP contribution in [0.1, 0.15) is 489 Å². The van der Waals surface area contributed by atoms with Crippen molar-refractivity contribution < 1.29 is 38.2 Å². The molecule has 6 unspecified atom stereocenters. The number of hydrogen-bond acceptors (Lipinski definition) is 17. The number of amides is 6. The van der Waals surface area contributed by atoms with Gasteiger partial charge in [-0.15, -0.1) is 102 Å². The van der Waals surface area contributed by atoms with Gasteiger partial charge >= 0.3 is 0 Å². The van der Waals surface area contributed by atoms with Gasteiger partial charge in [-0.1, -0.05) is 341 Å². The Balaban J connectivity index is 0.000000181. The quantitative estimate of drug-likeness (QED) is 0.0209. The minimum Gasteiger partial charge on any atom is -0.491 e. The SMILES string of the molecule is CCCCCCCCN1C(=O)c2c(C)sc(-c3cc4c(OCC(CC)CCCC)c5sc(C)cc5c(OCC(CC)CCCC)c4s3)c2C1=O.CCCCCCCCN1C(=O)c2c(C)sc(-c3cc4c(s3)-c3sc(C)cc3C4(CC(CC)CCCC)CC(CC)CCCC)c2C1=O.CCCCCCCCN1C(=O)c2c(C)sc(-c3cc4c(s3)-c3sc(C)cc3[Si]4(CC(CC)CCCC)CC(CC)CCCC)c2C1=O. The number of benzene rings is 1. The number of hydrogen-bond donors (Lipinski definition) is 0. The van der Waals surface area contributed by atoms with Gasteiger partial charge in [-0.05, 0) is 192 Å². The summed E-state index contributed by atoms with van der Waals surface area (Å²) in [5.41, 5.74) is 7.05. The van der Waals surface area contributed by atoms with Crippen LogP contribution in [0.2, 0.25) is 12.1 Å². The van der Waals surface area contributed by atoms with E-state index in [-0.39, 0.29) is 40.9 Å². The largest absolute Gasteiger partial charge is 0.491 e. The lowest BCUT2D eigenvalue weighted by atomic mass is 9.65. The van der Waals surface area contributed by atoms with Crippen LogP contribution in [0.4, 0.5) is 0 Å². The van der Waals surface area contributed by atoms with Crippen LogP contribution in [0.15, 0.2) is 36.4 Å². The van der Waals surface area contributed by atoms with E-state index in [1.165, 1.54) is 291 Å². The highest BCUT2D eigenvalue weighted by atomic mass is 32.1. The second-order valence-corrected chi connectivity index (χ2v) is 58.1. The van der Waals surface area contributed by atoms with Gasteiger partial charge in [0.15, 0.2) is 0 Å². The predicted molar refractivity (Wildman–Crippen MR) is 633 cm³/mol. The van der Waals surface area contributed by atoms with E-state index in [9.17, 15) is 28.8 Å². The number of nitrogens with zero attached hydrogens (tertiary/aromatic N) is 3. The summed E-state index contributed by atoms with van der Waals surface area (Å²) in [6.45, 7) is 50.4. The minimum atomic E-state index is -2.06. The van der Waals surface area contributed by atoms with Gasteiger partial charge in [0.1, 0.15) is 19.6 Å². The van der Waals surface area contributed by atoms with Crippen LogP contribution in [-0.2, 0) is 5.41 Å². The molecule has 4 aliphatic heterocycles. The van der Waals surface area contributed by atoms with Gasteiger partial charge in [-0.2, -0.15) is 0 Å². The molecule has 0 spiro atoms. The molecule has 5 aliphatic rings. The summed E-state index contributed by atoms with van der Waals surface area (Å²) in [6, 6.07) is 17.3. The molecule has 10 aromatic rings. The molecule has 21 heteroatoms. The van der Waals surface area contributed by atoms with Gasteiger partial charge in [0.05, 0.1) is 70.6 Å². The standard InChI is InChI=1S/C42H59NO4S3.C41H59NO2S3.C40H59NO2S3Si/c1-8-13-16-17-18-19-22-43-41(44)34-28(7)49-40(35(34)42(43)45)33-24-32-37(47-26-30(12-5)21-15-10-3)38-31(23-27(6)48-38)36(39(32)50-33)46-25-29(11-4)20-14-9-2;1-8-13-16-17-18-19-22-42-39(43)34-28(7)46-38(35(34)40(42)44)33-24-32-37(47-33)36-31(23-27(6)45-36)41(32,25-29(11-4)20-14-9-2)26-30(12-5)21-15-10-3;1-8-13-16-17-18-19-22-41-39(42)34-28(7)45-36(35(34)40(41)43)31-24-33-38(46-31)37-32(23-27(6)44-37)47(33,25-29(11-4)20-14-9-2)26-30(12-5)21-15-10-3/h23-24,29-30H,8-22,25-26H2,1-7H3;2*23-24,29-30H,8-22,25-26H2,1-7H3. The molecule has 0 radical (unpaired) electrons.